The molecule has 7 aromatic carbocycles. The van der Waals surface area contributed by atoms with E-state index in [1.165, 1.54) is 76.9 Å². The van der Waals surface area contributed by atoms with Gasteiger partial charge < -0.3 is 9.13 Å². The zero-order chi connectivity index (χ0) is 27.6. The van der Waals surface area contributed by atoms with Crippen molar-refractivity contribution in [3.05, 3.63) is 158 Å². The summed E-state index contributed by atoms with van der Waals surface area (Å²) in [7, 11) is 0. The van der Waals surface area contributed by atoms with Gasteiger partial charge in [-0.25, -0.2) is 0 Å². The molecule has 0 saturated carbocycles. The fourth-order valence-electron chi connectivity index (χ4n) is 6.91. The topological polar surface area (TPSA) is 9.86 Å². The molecule has 0 radical (unpaired) electrons. The Labute approximate surface area is 243 Å². The molecule has 0 amide bonds. The Morgan fingerprint density at radius 1 is 0.333 bits per heavy atom. The van der Waals surface area contributed by atoms with E-state index in [1.54, 1.807) is 0 Å². The molecule has 0 fully saturated rings. The van der Waals surface area contributed by atoms with Crippen molar-refractivity contribution in [1.29, 1.82) is 0 Å². The molecule has 0 spiro atoms. The Hall–Kier alpha value is -5.60. The molecule has 2 nitrogen and oxygen atoms in total. The summed E-state index contributed by atoms with van der Waals surface area (Å²) in [6.07, 6.45) is 0. The predicted octanol–water partition coefficient (Wildman–Crippen LogP) is 10.7. The molecule has 0 aliphatic rings. The summed E-state index contributed by atoms with van der Waals surface area (Å²) in [5, 5.41) is 7.57. The zero-order valence-electron chi connectivity index (χ0n) is 22.9. The molecule has 2 heteroatoms. The summed E-state index contributed by atoms with van der Waals surface area (Å²) in [5.74, 6) is 0. The second-order valence-electron chi connectivity index (χ2n) is 11.0. The molecule has 196 valence electrons. The quantitative estimate of drug-likeness (QED) is 0.213. The minimum atomic E-state index is 1.17. The van der Waals surface area contributed by atoms with Crippen molar-refractivity contribution >= 4 is 54.4 Å². The van der Waals surface area contributed by atoms with Gasteiger partial charge in [-0.15, -0.1) is 0 Å². The summed E-state index contributed by atoms with van der Waals surface area (Å²) >= 11 is 0. The van der Waals surface area contributed by atoms with Gasteiger partial charge in [0.05, 0.1) is 22.1 Å². The van der Waals surface area contributed by atoms with Gasteiger partial charge in [-0.05, 0) is 64.9 Å². The first-order valence-corrected chi connectivity index (χ1v) is 14.5. The van der Waals surface area contributed by atoms with Crippen molar-refractivity contribution in [2.24, 2.45) is 0 Å². The molecule has 0 saturated heterocycles. The van der Waals surface area contributed by atoms with Crippen LogP contribution in [0.5, 0.6) is 0 Å². The molecule has 2 aromatic heterocycles. The third kappa shape index (κ3) is 3.27. The van der Waals surface area contributed by atoms with E-state index in [2.05, 4.69) is 167 Å². The molecule has 42 heavy (non-hydrogen) atoms. The number of nitrogens with zero attached hydrogens (tertiary/aromatic N) is 2. The molecule has 9 rings (SSSR count). The summed E-state index contributed by atoms with van der Waals surface area (Å²) < 4.78 is 4.85. The van der Waals surface area contributed by atoms with E-state index >= 15 is 0 Å². The van der Waals surface area contributed by atoms with Crippen molar-refractivity contribution < 1.29 is 0 Å². The number of benzene rings is 7. The average molecular weight is 535 g/mol. The van der Waals surface area contributed by atoms with E-state index in [4.69, 9.17) is 0 Å². The summed E-state index contributed by atoms with van der Waals surface area (Å²) in [4.78, 5) is 0. The molecule has 0 aliphatic carbocycles. The predicted molar refractivity (Wildman–Crippen MR) is 178 cm³/mol. The molecular weight excluding hydrogens is 508 g/mol. The Morgan fingerprint density at radius 3 is 1.57 bits per heavy atom. The van der Waals surface area contributed by atoms with Gasteiger partial charge in [0.1, 0.15) is 0 Å². The van der Waals surface area contributed by atoms with Crippen LogP contribution < -0.4 is 0 Å². The first-order chi connectivity index (χ1) is 20.9. The van der Waals surface area contributed by atoms with Crippen LogP contribution in [0.3, 0.4) is 0 Å². The van der Waals surface area contributed by atoms with Gasteiger partial charge in [-0.1, -0.05) is 109 Å². The van der Waals surface area contributed by atoms with Crippen LogP contribution in [0.2, 0.25) is 0 Å². The van der Waals surface area contributed by atoms with Crippen molar-refractivity contribution in [1.82, 2.24) is 9.13 Å². The SMILES string of the molecule is c1ccc(-n2c3ccccc3c3ccc(-c4c5ccccc5cc5c6ccccc6n(-c6ccccc6)c45)cc32)cc1. The molecule has 0 aliphatic heterocycles. The molecule has 0 unspecified atom stereocenters. The lowest BCUT2D eigenvalue weighted by Gasteiger charge is -2.15. The maximum absolute atomic E-state index is 2.45. The average Bonchev–Trinajstić information content (AvgIpc) is 3.57. The van der Waals surface area contributed by atoms with Crippen LogP contribution in [0.15, 0.2) is 158 Å². The third-order valence-corrected chi connectivity index (χ3v) is 8.67. The Bertz CT molecular complexity index is 2440. The van der Waals surface area contributed by atoms with Gasteiger partial charge in [0.15, 0.2) is 0 Å². The second kappa shape index (κ2) is 8.95. The van der Waals surface area contributed by atoms with Crippen molar-refractivity contribution in [2.45, 2.75) is 0 Å². The lowest BCUT2D eigenvalue weighted by atomic mass is 9.94. The van der Waals surface area contributed by atoms with Crippen LogP contribution >= 0.6 is 0 Å². The largest absolute Gasteiger partial charge is 0.309 e. The minimum absolute atomic E-state index is 1.17. The number of hydrogen-bond donors (Lipinski definition) is 0. The van der Waals surface area contributed by atoms with E-state index in [9.17, 15) is 0 Å². The van der Waals surface area contributed by atoms with Crippen LogP contribution in [0.1, 0.15) is 0 Å². The normalized spacial score (nSPS) is 11.8. The van der Waals surface area contributed by atoms with Gasteiger partial charge >= 0.3 is 0 Å². The fraction of sp³-hybridized carbons (Fsp3) is 0. The maximum atomic E-state index is 2.45. The van der Waals surface area contributed by atoms with Gasteiger partial charge in [0, 0.05) is 38.5 Å². The molecule has 9 aromatic rings. The van der Waals surface area contributed by atoms with E-state index in [1.807, 2.05) is 0 Å². The molecule has 0 bridgehead atoms. The van der Waals surface area contributed by atoms with Gasteiger partial charge in [0.2, 0.25) is 0 Å². The Kier molecular flexibility index (Phi) is 4.93. The highest BCUT2D eigenvalue weighted by Crippen LogP contribution is 2.44. The number of rotatable bonds is 3. The fourth-order valence-corrected chi connectivity index (χ4v) is 6.91. The number of para-hydroxylation sites is 4. The molecular formula is C40H26N2. The monoisotopic (exact) mass is 534 g/mol. The number of aromatic nitrogens is 2. The highest BCUT2D eigenvalue weighted by Gasteiger charge is 2.20. The van der Waals surface area contributed by atoms with Crippen molar-refractivity contribution in [3.63, 3.8) is 0 Å². The highest BCUT2D eigenvalue weighted by atomic mass is 15.0. The number of fused-ring (bicyclic) bond motifs is 7. The van der Waals surface area contributed by atoms with Gasteiger partial charge in [-0.3, -0.25) is 0 Å². The van der Waals surface area contributed by atoms with E-state index in [0.29, 0.717) is 0 Å². The number of hydrogen-bond acceptors (Lipinski definition) is 0. The van der Waals surface area contributed by atoms with Crippen LogP contribution in [0, 0.1) is 0 Å². The smallest absolute Gasteiger partial charge is 0.0625 e. The van der Waals surface area contributed by atoms with Crippen LogP contribution in [-0.4, -0.2) is 9.13 Å². The zero-order valence-corrected chi connectivity index (χ0v) is 22.9. The van der Waals surface area contributed by atoms with Crippen molar-refractivity contribution in [2.75, 3.05) is 0 Å². The lowest BCUT2D eigenvalue weighted by molar-refractivity contribution is 1.18. The van der Waals surface area contributed by atoms with E-state index in [-0.39, 0.29) is 0 Å². The summed E-state index contributed by atoms with van der Waals surface area (Å²) in [6, 6.07) is 57.2. The molecule has 0 N–H and O–H groups in total. The first-order valence-electron chi connectivity index (χ1n) is 14.5. The van der Waals surface area contributed by atoms with E-state index in [0.717, 1.165) is 0 Å². The van der Waals surface area contributed by atoms with Crippen LogP contribution in [-0.2, 0) is 0 Å². The third-order valence-electron chi connectivity index (χ3n) is 8.67. The Morgan fingerprint density at radius 2 is 0.857 bits per heavy atom. The molecule has 0 atom stereocenters. The minimum Gasteiger partial charge on any atom is -0.309 e. The lowest BCUT2D eigenvalue weighted by Crippen LogP contribution is -1.96. The highest BCUT2D eigenvalue weighted by molar-refractivity contribution is 6.22. The van der Waals surface area contributed by atoms with Crippen LogP contribution in [0.4, 0.5) is 0 Å². The van der Waals surface area contributed by atoms with Gasteiger partial charge in [0.25, 0.3) is 0 Å². The first kappa shape index (κ1) is 23.1. The summed E-state index contributed by atoms with van der Waals surface area (Å²) in [6.45, 7) is 0. The van der Waals surface area contributed by atoms with E-state index < -0.39 is 0 Å². The standard InChI is InChI=1S/C40H26N2/c1-3-14-29(15-4-1)41-36-21-11-9-19-32(36)34-24-23-28(26-38(34)41)39-31-18-8-7-13-27(31)25-35-33-20-10-12-22-37(33)42(40(35)39)30-16-5-2-6-17-30/h1-26H. The maximum Gasteiger partial charge on any atom is 0.0625 e. The Balaban J connectivity index is 1.47. The molecule has 2 heterocycles. The summed E-state index contributed by atoms with van der Waals surface area (Å²) in [5.41, 5.74) is 9.69. The van der Waals surface area contributed by atoms with Crippen molar-refractivity contribution in [3.8, 4) is 22.5 Å². The second-order valence-corrected chi connectivity index (χ2v) is 11.0. The van der Waals surface area contributed by atoms with Crippen LogP contribution in [0.25, 0.3) is 76.9 Å². The van der Waals surface area contributed by atoms with Gasteiger partial charge in [-0.2, -0.15) is 0 Å².